The first-order valence-corrected chi connectivity index (χ1v) is 23.6. The van der Waals surface area contributed by atoms with Crippen LogP contribution in [0.15, 0.2) is 121 Å². The maximum atomic E-state index is 15.4. The van der Waals surface area contributed by atoms with E-state index < -0.39 is 39.6 Å². The normalized spacial score (nSPS) is 11.8. The molecule has 0 spiro atoms. The van der Waals surface area contributed by atoms with Crippen LogP contribution in [0.1, 0.15) is 0 Å². The standard InChI is InChI=1S/C26H24F4Ge2P2/c27-31(28)33(23-13-5-1-6-14-23,24-15-7-2-8-16-24)21-22-34(32(29)30,25-17-9-3-10-18-25)26-19-11-4-12-20-26/h1-20H,21-22H2. The zero-order valence-electron chi connectivity index (χ0n) is 18.4. The number of hydrogen-bond donors (Lipinski definition) is 0. The van der Waals surface area contributed by atoms with Gasteiger partial charge in [0, 0.05) is 0 Å². The topological polar surface area (TPSA) is 0 Å². The van der Waals surface area contributed by atoms with Crippen molar-refractivity contribution in [2.75, 3.05) is 12.3 Å². The molecule has 0 aliphatic carbocycles. The molecule has 8 heteroatoms. The van der Waals surface area contributed by atoms with Crippen LogP contribution in [0, 0.1) is 0 Å². The van der Waals surface area contributed by atoms with E-state index in [1.165, 1.54) is 0 Å². The molecule has 0 bridgehead atoms. The van der Waals surface area contributed by atoms with Crippen molar-refractivity contribution in [2.24, 2.45) is 0 Å². The van der Waals surface area contributed by atoms with E-state index in [-0.39, 0.29) is 12.3 Å². The van der Waals surface area contributed by atoms with Crippen molar-refractivity contribution >= 4 is 60.8 Å². The molecule has 0 amide bonds. The molecule has 0 saturated carbocycles. The van der Waals surface area contributed by atoms with Gasteiger partial charge in [0.25, 0.3) is 0 Å². The molecule has 0 aliphatic heterocycles. The fourth-order valence-electron chi connectivity index (χ4n) is 4.40. The summed E-state index contributed by atoms with van der Waals surface area (Å²) in [6, 6.07) is 35.8. The minimum atomic E-state index is -4.61. The van der Waals surface area contributed by atoms with Crippen molar-refractivity contribution in [2.45, 2.75) is 0 Å². The van der Waals surface area contributed by atoms with Gasteiger partial charge >= 0.3 is 208 Å². The van der Waals surface area contributed by atoms with Crippen molar-refractivity contribution in [1.82, 2.24) is 0 Å². The van der Waals surface area contributed by atoms with Crippen LogP contribution in [-0.4, -0.2) is 41.0 Å². The van der Waals surface area contributed by atoms with Gasteiger partial charge in [0.05, 0.1) is 0 Å². The third-order valence-corrected chi connectivity index (χ3v) is 30.7. The third kappa shape index (κ3) is 4.93. The van der Waals surface area contributed by atoms with Crippen LogP contribution in [0.25, 0.3) is 0 Å². The van der Waals surface area contributed by atoms with E-state index >= 15 is 14.0 Å². The first-order chi connectivity index (χ1) is 16.5. The van der Waals surface area contributed by atoms with Gasteiger partial charge in [0.1, 0.15) is 0 Å². The van der Waals surface area contributed by atoms with Gasteiger partial charge in [-0.05, 0) is 0 Å². The van der Waals surface area contributed by atoms with E-state index in [1.54, 1.807) is 97.1 Å². The first-order valence-electron chi connectivity index (χ1n) is 10.9. The molecule has 0 saturated heterocycles. The summed E-state index contributed by atoms with van der Waals surface area (Å²) in [5.41, 5.74) is -6.19. The van der Waals surface area contributed by atoms with Gasteiger partial charge in [-0.1, -0.05) is 0 Å². The molecule has 4 aromatic carbocycles. The SMILES string of the molecule is [F][Ge]([F])=[P](CC[P](c1ccccc1)(c1ccccc1)=[Ge]([F])[F])(c1ccccc1)c1ccccc1. The average molecular weight is 620 g/mol. The van der Waals surface area contributed by atoms with Gasteiger partial charge in [-0.15, -0.1) is 0 Å². The second-order valence-corrected chi connectivity index (χ2v) is 29.2. The Kier molecular flexibility index (Phi) is 8.69. The predicted octanol–water partition coefficient (Wildman–Crippen LogP) is 6.17. The Labute approximate surface area is 207 Å². The van der Waals surface area contributed by atoms with E-state index in [4.69, 9.17) is 0 Å². The van der Waals surface area contributed by atoms with E-state index in [1.807, 2.05) is 24.3 Å². The van der Waals surface area contributed by atoms with Gasteiger partial charge in [0.2, 0.25) is 0 Å². The van der Waals surface area contributed by atoms with Crippen LogP contribution >= 0.6 is 10.9 Å². The van der Waals surface area contributed by atoms with Gasteiger partial charge in [-0.2, -0.15) is 0 Å². The molecule has 0 aliphatic rings. The van der Waals surface area contributed by atoms with Gasteiger partial charge in [-0.3, -0.25) is 0 Å². The van der Waals surface area contributed by atoms with Gasteiger partial charge in [-0.25, -0.2) is 0 Å². The molecule has 34 heavy (non-hydrogen) atoms. The van der Waals surface area contributed by atoms with Crippen LogP contribution < -0.4 is 21.2 Å². The molecule has 0 radical (unpaired) electrons. The van der Waals surface area contributed by atoms with Crippen LogP contribution in [0.3, 0.4) is 0 Å². The van der Waals surface area contributed by atoms with E-state index in [2.05, 4.69) is 0 Å². The number of benzene rings is 4. The number of hydrogen-bond acceptors (Lipinski definition) is 0. The van der Waals surface area contributed by atoms with Crippen molar-refractivity contribution in [3.05, 3.63) is 121 Å². The summed E-state index contributed by atoms with van der Waals surface area (Å²) >= 11 is -9.22. The number of rotatable bonds is 7. The Hall–Kier alpha value is -1.45. The monoisotopic (exact) mass is 622 g/mol. The molecule has 0 unspecified atom stereocenters. The van der Waals surface area contributed by atoms with E-state index in [9.17, 15) is 0 Å². The van der Waals surface area contributed by atoms with Crippen LogP contribution in [-0.2, 0) is 0 Å². The van der Waals surface area contributed by atoms with Crippen LogP contribution in [0.5, 0.6) is 0 Å². The summed E-state index contributed by atoms with van der Waals surface area (Å²) in [5, 5.41) is 2.55. The molecule has 4 aromatic rings. The molecule has 0 nitrogen and oxygen atoms in total. The summed E-state index contributed by atoms with van der Waals surface area (Å²) in [5.74, 6) is 0. The molecular formula is C26H24F4Ge2P2. The Morgan fingerprint density at radius 1 is 0.382 bits per heavy atom. The Morgan fingerprint density at radius 2 is 0.588 bits per heavy atom. The molecule has 0 fully saturated rings. The minimum absolute atomic E-state index is 0.116. The maximum absolute atomic E-state index is 15.4. The zero-order valence-corrected chi connectivity index (χ0v) is 24.4. The fraction of sp³-hybridized carbons (Fsp3) is 0.0769. The van der Waals surface area contributed by atoms with Crippen molar-refractivity contribution in [3.8, 4) is 0 Å². The Balaban J connectivity index is 1.97. The fourth-order valence-corrected chi connectivity index (χ4v) is 26.8. The van der Waals surface area contributed by atoms with Crippen molar-refractivity contribution < 1.29 is 14.0 Å². The second kappa shape index (κ2) is 11.5. The molecule has 0 atom stereocenters. The summed E-state index contributed by atoms with van der Waals surface area (Å²) in [7, 11) is 0. The summed E-state index contributed by atoms with van der Waals surface area (Å²) in [6.45, 7) is 0. The molecule has 0 heterocycles. The molecule has 4 rings (SSSR count). The quantitative estimate of drug-likeness (QED) is 0.132. The second-order valence-electron chi connectivity index (χ2n) is 7.89. The van der Waals surface area contributed by atoms with Gasteiger partial charge < -0.3 is 0 Å². The zero-order chi connectivity index (χ0) is 24.0. The molecule has 0 N–H and O–H groups in total. The third-order valence-electron chi connectivity index (χ3n) is 6.14. The Bertz CT molecular complexity index is 1140. The first kappa shape index (κ1) is 25.6. The van der Waals surface area contributed by atoms with Crippen molar-refractivity contribution in [3.63, 3.8) is 0 Å². The number of halogens is 4. The molecule has 0 aromatic heterocycles. The van der Waals surface area contributed by atoms with E-state index in [0.29, 0.717) is 21.2 Å². The summed E-state index contributed by atoms with van der Waals surface area (Å²) in [6.07, 6.45) is 0.233. The van der Waals surface area contributed by atoms with Gasteiger partial charge in [0.15, 0.2) is 0 Å². The average Bonchev–Trinajstić information content (AvgIpc) is 2.89. The van der Waals surface area contributed by atoms with Crippen molar-refractivity contribution in [1.29, 1.82) is 0 Å². The van der Waals surface area contributed by atoms with Crippen LogP contribution in [0.4, 0.5) is 14.0 Å². The molecular weight excluding hydrogens is 595 g/mol. The summed E-state index contributed by atoms with van der Waals surface area (Å²) in [4.78, 5) is 0. The molecule has 174 valence electrons. The predicted molar refractivity (Wildman–Crippen MR) is 144 cm³/mol. The van der Waals surface area contributed by atoms with E-state index in [0.717, 1.165) is 0 Å². The van der Waals surface area contributed by atoms with Crippen LogP contribution in [0.2, 0.25) is 0 Å². The summed E-state index contributed by atoms with van der Waals surface area (Å²) < 4.78 is 61.4. The Morgan fingerprint density at radius 3 is 0.765 bits per heavy atom.